The summed E-state index contributed by atoms with van der Waals surface area (Å²) in [7, 11) is 0. The Labute approximate surface area is 167 Å². The second-order valence-electron chi connectivity index (χ2n) is 6.67. The van der Waals surface area contributed by atoms with Crippen LogP contribution >= 0.6 is 11.6 Å². The van der Waals surface area contributed by atoms with Crippen molar-refractivity contribution in [1.29, 1.82) is 0 Å². The summed E-state index contributed by atoms with van der Waals surface area (Å²) in [5.41, 5.74) is 2.10. The van der Waals surface area contributed by atoms with E-state index in [-0.39, 0.29) is 11.7 Å². The highest BCUT2D eigenvalue weighted by Crippen LogP contribution is 2.32. The third kappa shape index (κ3) is 3.36. The highest BCUT2D eigenvalue weighted by atomic mass is 35.5. The Bertz CT molecular complexity index is 1010. The predicted octanol–water partition coefficient (Wildman–Crippen LogP) is 4.40. The summed E-state index contributed by atoms with van der Waals surface area (Å²) in [6, 6.07) is 13.9. The van der Waals surface area contributed by atoms with Gasteiger partial charge in [0.15, 0.2) is 0 Å². The molecule has 4 rings (SSSR count). The van der Waals surface area contributed by atoms with Gasteiger partial charge < -0.3 is 14.3 Å². The zero-order valence-electron chi connectivity index (χ0n) is 15.4. The molecule has 0 atom stereocenters. The molecule has 7 heteroatoms. The first-order valence-electron chi connectivity index (χ1n) is 9.06. The number of carbonyl (C=O) groups excluding carboxylic acids is 1. The van der Waals surface area contributed by atoms with Gasteiger partial charge in [-0.25, -0.2) is 4.39 Å². The summed E-state index contributed by atoms with van der Waals surface area (Å²) < 4.78 is 19.3. The topological polar surface area (TPSA) is 49.6 Å². The molecule has 0 N–H and O–H groups in total. The third-order valence-corrected chi connectivity index (χ3v) is 5.30. The Kier molecular flexibility index (Phi) is 5.05. The minimum absolute atomic E-state index is 0.151. The Morgan fingerprint density at radius 1 is 1.07 bits per heavy atom. The molecule has 1 amide bonds. The van der Waals surface area contributed by atoms with Crippen LogP contribution in [0.25, 0.3) is 11.3 Å². The van der Waals surface area contributed by atoms with Crippen molar-refractivity contribution in [3.8, 4) is 11.3 Å². The summed E-state index contributed by atoms with van der Waals surface area (Å²) in [4.78, 5) is 16.9. The van der Waals surface area contributed by atoms with Crippen LogP contribution in [0.4, 0.5) is 10.1 Å². The summed E-state index contributed by atoms with van der Waals surface area (Å²) in [6.07, 6.45) is 0. The molecule has 2 heterocycles. The normalized spacial score (nSPS) is 14.4. The Morgan fingerprint density at radius 3 is 2.46 bits per heavy atom. The fraction of sp³-hybridized carbons (Fsp3) is 0.238. The molecule has 0 unspecified atom stereocenters. The average molecular weight is 400 g/mol. The van der Waals surface area contributed by atoms with Crippen molar-refractivity contribution in [3.05, 3.63) is 70.7 Å². The standard InChI is InChI=1S/C21H19ClFN3O2/c1-14-19(20(24-28-14)15-6-2-3-7-16(15)22)21(27)26-12-10-25(11-13-26)18-9-5-4-8-17(18)23/h2-9H,10-13H2,1H3. The maximum absolute atomic E-state index is 14.0. The maximum Gasteiger partial charge on any atom is 0.259 e. The number of halogens is 2. The molecule has 0 bridgehead atoms. The second kappa shape index (κ2) is 7.64. The molecular weight excluding hydrogens is 381 g/mol. The van der Waals surface area contributed by atoms with Gasteiger partial charge in [-0.3, -0.25) is 4.79 Å². The maximum atomic E-state index is 14.0. The van der Waals surface area contributed by atoms with E-state index in [1.165, 1.54) is 6.07 Å². The number of anilines is 1. The molecule has 0 saturated carbocycles. The number of nitrogens with zero attached hydrogens (tertiary/aromatic N) is 3. The quantitative estimate of drug-likeness (QED) is 0.654. The van der Waals surface area contributed by atoms with Crippen molar-refractivity contribution in [3.63, 3.8) is 0 Å². The van der Waals surface area contributed by atoms with Gasteiger partial charge >= 0.3 is 0 Å². The lowest BCUT2D eigenvalue weighted by Gasteiger charge is -2.36. The molecule has 1 aliphatic heterocycles. The lowest BCUT2D eigenvalue weighted by atomic mass is 10.0. The number of hydrogen-bond donors (Lipinski definition) is 0. The first kappa shape index (κ1) is 18.5. The van der Waals surface area contributed by atoms with Gasteiger partial charge in [-0.2, -0.15) is 0 Å². The van der Waals surface area contributed by atoms with Crippen molar-refractivity contribution in [2.24, 2.45) is 0 Å². The molecule has 5 nitrogen and oxygen atoms in total. The van der Waals surface area contributed by atoms with E-state index in [2.05, 4.69) is 5.16 Å². The number of piperazine rings is 1. The smallest absolute Gasteiger partial charge is 0.259 e. The van der Waals surface area contributed by atoms with Gasteiger partial charge in [-0.05, 0) is 25.1 Å². The lowest BCUT2D eigenvalue weighted by Crippen LogP contribution is -2.49. The molecule has 1 aromatic heterocycles. The van der Waals surface area contributed by atoms with E-state index in [0.717, 1.165) is 0 Å². The minimum Gasteiger partial charge on any atom is -0.366 e. The molecular formula is C21H19ClFN3O2. The minimum atomic E-state index is -0.252. The fourth-order valence-electron chi connectivity index (χ4n) is 3.48. The van der Waals surface area contributed by atoms with Crippen LogP contribution in [-0.2, 0) is 0 Å². The summed E-state index contributed by atoms with van der Waals surface area (Å²) in [5.74, 6) is 0.0523. The third-order valence-electron chi connectivity index (χ3n) is 4.97. The molecule has 28 heavy (non-hydrogen) atoms. The van der Waals surface area contributed by atoms with Gasteiger partial charge in [0.2, 0.25) is 0 Å². The van der Waals surface area contributed by atoms with Gasteiger partial charge in [0.05, 0.1) is 10.7 Å². The highest BCUT2D eigenvalue weighted by molar-refractivity contribution is 6.33. The Morgan fingerprint density at radius 2 is 1.75 bits per heavy atom. The molecule has 144 valence electrons. The highest BCUT2D eigenvalue weighted by Gasteiger charge is 2.29. The van der Waals surface area contributed by atoms with Crippen LogP contribution in [0, 0.1) is 12.7 Å². The number of rotatable bonds is 3. The van der Waals surface area contributed by atoms with Crippen LogP contribution in [0.3, 0.4) is 0 Å². The monoisotopic (exact) mass is 399 g/mol. The molecule has 0 spiro atoms. The van der Waals surface area contributed by atoms with Crippen molar-refractivity contribution in [1.82, 2.24) is 10.1 Å². The number of carbonyl (C=O) groups is 1. The van der Waals surface area contributed by atoms with Crippen molar-refractivity contribution < 1.29 is 13.7 Å². The first-order chi connectivity index (χ1) is 13.6. The zero-order chi connectivity index (χ0) is 19.7. The van der Waals surface area contributed by atoms with E-state index in [9.17, 15) is 9.18 Å². The van der Waals surface area contributed by atoms with Crippen LogP contribution < -0.4 is 4.90 Å². The number of para-hydroxylation sites is 1. The molecule has 0 radical (unpaired) electrons. The van der Waals surface area contributed by atoms with Crippen LogP contribution in [-0.4, -0.2) is 42.1 Å². The van der Waals surface area contributed by atoms with E-state index in [4.69, 9.17) is 16.1 Å². The van der Waals surface area contributed by atoms with Gasteiger partial charge in [0, 0.05) is 31.7 Å². The van der Waals surface area contributed by atoms with Gasteiger partial charge in [0.25, 0.3) is 5.91 Å². The van der Waals surface area contributed by atoms with Crippen LogP contribution in [0.1, 0.15) is 16.1 Å². The average Bonchev–Trinajstić information content (AvgIpc) is 3.09. The summed E-state index contributed by atoms with van der Waals surface area (Å²) in [6.45, 7) is 3.80. The van der Waals surface area contributed by atoms with Crippen LogP contribution in [0.15, 0.2) is 53.1 Å². The van der Waals surface area contributed by atoms with E-state index in [0.29, 0.717) is 59.5 Å². The van der Waals surface area contributed by atoms with E-state index >= 15 is 0 Å². The van der Waals surface area contributed by atoms with Gasteiger partial charge in [0.1, 0.15) is 22.8 Å². The van der Waals surface area contributed by atoms with Crippen molar-refractivity contribution in [2.45, 2.75) is 6.92 Å². The van der Waals surface area contributed by atoms with Crippen LogP contribution in [0.5, 0.6) is 0 Å². The zero-order valence-corrected chi connectivity index (χ0v) is 16.1. The Balaban J connectivity index is 1.55. The largest absolute Gasteiger partial charge is 0.366 e. The summed E-state index contributed by atoms with van der Waals surface area (Å²) >= 11 is 6.28. The number of aryl methyl sites for hydroxylation is 1. The van der Waals surface area contributed by atoms with E-state index < -0.39 is 0 Å². The molecule has 0 aliphatic carbocycles. The van der Waals surface area contributed by atoms with Crippen molar-refractivity contribution in [2.75, 3.05) is 31.1 Å². The van der Waals surface area contributed by atoms with E-state index in [1.54, 1.807) is 30.0 Å². The first-order valence-corrected chi connectivity index (χ1v) is 9.44. The number of benzene rings is 2. The molecule has 2 aromatic carbocycles. The van der Waals surface area contributed by atoms with Crippen LogP contribution in [0.2, 0.25) is 5.02 Å². The van der Waals surface area contributed by atoms with E-state index in [1.807, 2.05) is 29.2 Å². The molecule has 1 fully saturated rings. The fourth-order valence-corrected chi connectivity index (χ4v) is 3.70. The number of hydrogen-bond acceptors (Lipinski definition) is 4. The predicted molar refractivity (Wildman–Crippen MR) is 106 cm³/mol. The number of amides is 1. The van der Waals surface area contributed by atoms with Gasteiger partial charge in [-0.15, -0.1) is 0 Å². The van der Waals surface area contributed by atoms with Gasteiger partial charge in [-0.1, -0.05) is 47.1 Å². The Hall–Kier alpha value is -2.86. The second-order valence-corrected chi connectivity index (χ2v) is 7.08. The SMILES string of the molecule is Cc1onc(-c2ccccc2Cl)c1C(=O)N1CCN(c2ccccc2F)CC1. The molecule has 1 saturated heterocycles. The number of aromatic nitrogens is 1. The van der Waals surface area contributed by atoms with Crippen molar-refractivity contribution >= 4 is 23.2 Å². The molecule has 1 aliphatic rings. The lowest BCUT2D eigenvalue weighted by molar-refractivity contribution is 0.0745. The molecule has 3 aromatic rings. The summed E-state index contributed by atoms with van der Waals surface area (Å²) in [5, 5.41) is 4.58.